The van der Waals surface area contributed by atoms with E-state index >= 15 is 0 Å². The van der Waals surface area contributed by atoms with E-state index in [9.17, 15) is 9.90 Å². The van der Waals surface area contributed by atoms with Gasteiger partial charge in [0.15, 0.2) is 0 Å². The molecule has 0 bridgehead atoms. The van der Waals surface area contributed by atoms with Crippen LogP contribution in [0, 0.1) is 0 Å². The molecule has 1 aliphatic heterocycles. The summed E-state index contributed by atoms with van der Waals surface area (Å²) in [6, 6.07) is 12.8. The largest absolute Gasteiger partial charge is 0.491 e. The highest BCUT2D eigenvalue weighted by Crippen LogP contribution is 2.15. The SMILES string of the molecule is CCOC(=O)c1cccc(OC[C@@H](O)CN2CCN(Cc3ccccn3)CC2)c1. The number of aromatic nitrogens is 1. The highest BCUT2D eigenvalue weighted by molar-refractivity contribution is 5.89. The van der Waals surface area contributed by atoms with Crippen molar-refractivity contribution in [1.82, 2.24) is 14.8 Å². The van der Waals surface area contributed by atoms with Crippen molar-refractivity contribution in [2.24, 2.45) is 0 Å². The summed E-state index contributed by atoms with van der Waals surface area (Å²) in [7, 11) is 0. The van der Waals surface area contributed by atoms with Crippen LogP contribution in [0.4, 0.5) is 0 Å². The minimum absolute atomic E-state index is 0.181. The Labute approximate surface area is 171 Å². The molecule has 1 atom stereocenters. The van der Waals surface area contributed by atoms with E-state index in [1.807, 2.05) is 24.4 Å². The maximum absolute atomic E-state index is 11.8. The molecule has 7 nitrogen and oxygen atoms in total. The number of hydrogen-bond donors (Lipinski definition) is 1. The summed E-state index contributed by atoms with van der Waals surface area (Å²) >= 11 is 0. The number of nitrogens with zero attached hydrogens (tertiary/aromatic N) is 3. The Kier molecular flexibility index (Phi) is 7.98. The van der Waals surface area contributed by atoms with Gasteiger partial charge in [0.25, 0.3) is 0 Å². The average Bonchev–Trinajstić information content (AvgIpc) is 2.75. The van der Waals surface area contributed by atoms with E-state index in [0.29, 0.717) is 24.5 Å². The number of carbonyl (C=O) groups excluding carboxylic acids is 1. The Morgan fingerprint density at radius 2 is 1.93 bits per heavy atom. The highest BCUT2D eigenvalue weighted by atomic mass is 16.5. The molecule has 0 amide bonds. The molecule has 0 saturated carbocycles. The van der Waals surface area contributed by atoms with Gasteiger partial charge in [-0.1, -0.05) is 12.1 Å². The zero-order valence-corrected chi connectivity index (χ0v) is 16.9. The number of aliphatic hydroxyl groups is 1. The summed E-state index contributed by atoms with van der Waals surface area (Å²) < 4.78 is 10.7. The van der Waals surface area contributed by atoms with Crippen molar-refractivity contribution in [3.8, 4) is 5.75 Å². The van der Waals surface area contributed by atoms with Gasteiger partial charge in [-0.15, -0.1) is 0 Å². The summed E-state index contributed by atoms with van der Waals surface area (Å²) in [6.45, 7) is 7.42. The van der Waals surface area contributed by atoms with Crippen LogP contribution in [0.15, 0.2) is 48.7 Å². The van der Waals surface area contributed by atoms with E-state index < -0.39 is 6.10 Å². The van der Waals surface area contributed by atoms with Gasteiger partial charge in [0, 0.05) is 45.5 Å². The third-order valence-corrected chi connectivity index (χ3v) is 4.83. The number of benzene rings is 1. The van der Waals surface area contributed by atoms with Crippen molar-refractivity contribution >= 4 is 5.97 Å². The summed E-state index contributed by atoms with van der Waals surface area (Å²) in [5.74, 6) is 0.178. The third kappa shape index (κ3) is 6.81. The number of rotatable bonds is 9. The number of ether oxygens (including phenoxy) is 2. The molecular weight excluding hydrogens is 370 g/mol. The summed E-state index contributed by atoms with van der Waals surface area (Å²) in [4.78, 5) is 20.8. The average molecular weight is 399 g/mol. The Bertz CT molecular complexity index is 764. The standard InChI is InChI=1S/C22H29N3O4/c1-2-28-22(27)18-6-5-8-21(14-18)29-17-20(26)16-25-12-10-24(11-13-25)15-19-7-3-4-9-23-19/h3-9,14,20,26H,2,10-13,15-17H2,1H3/t20-/m0/s1. The van der Waals surface area contributed by atoms with Gasteiger partial charge in [-0.25, -0.2) is 4.79 Å². The van der Waals surface area contributed by atoms with Crippen LogP contribution in [-0.4, -0.2) is 77.9 Å². The van der Waals surface area contributed by atoms with Crippen molar-refractivity contribution in [2.75, 3.05) is 45.9 Å². The summed E-state index contributed by atoms with van der Waals surface area (Å²) in [6.07, 6.45) is 1.23. The van der Waals surface area contributed by atoms with Gasteiger partial charge >= 0.3 is 5.97 Å². The van der Waals surface area contributed by atoms with Crippen LogP contribution in [0.3, 0.4) is 0 Å². The van der Waals surface area contributed by atoms with Crippen LogP contribution in [0.1, 0.15) is 23.0 Å². The lowest BCUT2D eigenvalue weighted by Crippen LogP contribution is -2.48. The van der Waals surface area contributed by atoms with Gasteiger partial charge in [0.1, 0.15) is 18.5 Å². The van der Waals surface area contributed by atoms with Gasteiger partial charge in [-0.05, 0) is 37.3 Å². The molecule has 1 saturated heterocycles. The predicted octanol–water partition coefficient (Wildman–Crippen LogP) is 1.82. The summed E-state index contributed by atoms with van der Waals surface area (Å²) in [5, 5.41) is 10.3. The number of β-amino-alcohol motifs (C(OH)–C–C–N with tert-alkyl or cyclic N) is 1. The maximum atomic E-state index is 11.8. The predicted molar refractivity (Wildman–Crippen MR) is 110 cm³/mol. The number of pyridine rings is 1. The van der Waals surface area contributed by atoms with Gasteiger partial charge in [-0.2, -0.15) is 0 Å². The van der Waals surface area contributed by atoms with Crippen molar-refractivity contribution in [3.63, 3.8) is 0 Å². The number of aliphatic hydroxyl groups excluding tert-OH is 1. The molecule has 0 spiro atoms. The Hall–Kier alpha value is -2.48. The quantitative estimate of drug-likeness (QED) is 0.645. The van der Waals surface area contributed by atoms with E-state index in [1.54, 1.807) is 31.2 Å². The van der Waals surface area contributed by atoms with Crippen molar-refractivity contribution in [1.29, 1.82) is 0 Å². The van der Waals surface area contributed by atoms with Crippen molar-refractivity contribution in [2.45, 2.75) is 19.6 Å². The molecule has 2 heterocycles. The van der Waals surface area contributed by atoms with Crippen molar-refractivity contribution < 1.29 is 19.4 Å². The van der Waals surface area contributed by atoms with Gasteiger partial charge in [0.2, 0.25) is 0 Å². The molecule has 1 aromatic carbocycles. The van der Waals surface area contributed by atoms with Crippen LogP contribution < -0.4 is 4.74 Å². The number of piperazine rings is 1. The molecule has 2 aromatic rings. The Balaban J connectivity index is 1.39. The fraction of sp³-hybridized carbons (Fsp3) is 0.455. The normalized spacial score (nSPS) is 16.3. The Morgan fingerprint density at radius 1 is 1.14 bits per heavy atom. The molecule has 156 valence electrons. The van der Waals surface area contributed by atoms with Crippen LogP contribution in [-0.2, 0) is 11.3 Å². The lowest BCUT2D eigenvalue weighted by molar-refractivity contribution is 0.0442. The van der Waals surface area contributed by atoms with Gasteiger partial charge in [-0.3, -0.25) is 14.8 Å². The first-order chi connectivity index (χ1) is 14.1. The minimum atomic E-state index is -0.594. The van der Waals surface area contributed by atoms with E-state index in [4.69, 9.17) is 9.47 Å². The molecular formula is C22H29N3O4. The zero-order valence-electron chi connectivity index (χ0n) is 16.9. The number of hydrogen-bond acceptors (Lipinski definition) is 7. The molecule has 1 fully saturated rings. The smallest absolute Gasteiger partial charge is 0.338 e. The van der Waals surface area contributed by atoms with E-state index in [2.05, 4.69) is 14.8 Å². The van der Waals surface area contributed by atoms with Crippen LogP contribution in [0.2, 0.25) is 0 Å². The number of esters is 1. The molecule has 0 radical (unpaired) electrons. The lowest BCUT2D eigenvalue weighted by Gasteiger charge is -2.35. The molecule has 1 N–H and O–H groups in total. The third-order valence-electron chi connectivity index (χ3n) is 4.83. The molecule has 1 aromatic heterocycles. The zero-order chi connectivity index (χ0) is 20.5. The molecule has 7 heteroatoms. The maximum Gasteiger partial charge on any atom is 0.338 e. The van der Waals surface area contributed by atoms with Crippen LogP contribution in [0.25, 0.3) is 0 Å². The first kappa shape index (κ1) is 21.2. The Morgan fingerprint density at radius 3 is 2.66 bits per heavy atom. The molecule has 1 aliphatic rings. The van der Waals surface area contributed by atoms with Crippen LogP contribution in [0.5, 0.6) is 5.75 Å². The molecule has 0 unspecified atom stereocenters. The first-order valence-electron chi connectivity index (χ1n) is 10.1. The van der Waals surface area contributed by atoms with Crippen LogP contribution >= 0.6 is 0 Å². The monoisotopic (exact) mass is 399 g/mol. The fourth-order valence-corrected chi connectivity index (χ4v) is 3.32. The highest BCUT2D eigenvalue weighted by Gasteiger charge is 2.20. The second-order valence-electron chi connectivity index (χ2n) is 7.11. The van der Waals surface area contributed by atoms with E-state index in [-0.39, 0.29) is 12.6 Å². The lowest BCUT2D eigenvalue weighted by atomic mass is 10.2. The summed E-state index contributed by atoms with van der Waals surface area (Å²) in [5.41, 5.74) is 1.53. The van der Waals surface area contributed by atoms with E-state index in [1.165, 1.54) is 0 Å². The van der Waals surface area contributed by atoms with Gasteiger partial charge < -0.3 is 14.6 Å². The topological polar surface area (TPSA) is 75.1 Å². The minimum Gasteiger partial charge on any atom is -0.491 e. The second kappa shape index (κ2) is 10.9. The van der Waals surface area contributed by atoms with E-state index in [0.717, 1.165) is 38.4 Å². The first-order valence-corrected chi connectivity index (χ1v) is 10.1. The number of carbonyl (C=O) groups is 1. The van der Waals surface area contributed by atoms with Crippen molar-refractivity contribution in [3.05, 3.63) is 59.9 Å². The second-order valence-corrected chi connectivity index (χ2v) is 7.11. The molecule has 29 heavy (non-hydrogen) atoms. The fourth-order valence-electron chi connectivity index (χ4n) is 3.32. The molecule has 0 aliphatic carbocycles. The molecule has 3 rings (SSSR count). The van der Waals surface area contributed by atoms with Gasteiger partial charge in [0.05, 0.1) is 17.9 Å².